The minimum absolute atomic E-state index is 0.0875. The maximum atomic E-state index is 12.3. The van der Waals surface area contributed by atoms with Crippen molar-refractivity contribution < 1.29 is 22.7 Å². The molecular formula is C15H14F3N3O2. The molecule has 2 amide bonds. The molecule has 2 N–H and O–H groups in total. The van der Waals surface area contributed by atoms with Crippen LogP contribution in [-0.4, -0.2) is 17.4 Å². The summed E-state index contributed by atoms with van der Waals surface area (Å²) in [7, 11) is 0. The summed E-state index contributed by atoms with van der Waals surface area (Å²) < 4.78 is 40.9. The van der Waals surface area contributed by atoms with E-state index in [1.54, 1.807) is 31.3 Å². The third kappa shape index (κ3) is 5.17. The van der Waals surface area contributed by atoms with Crippen molar-refractivity contribution in [2.24, 2.45) is 0 Å². The first kappa shape index (κ1) is 16.6. The molecule has 0 bridgehead atoms. The van der Waals surface area contributed by atoms with Gasteiger partial charge in [0.2, 0.25) is 0 Å². The van der Waals surface area contributed by atoms with Gasteiger partial charge in [-0.05, 0) is 31.2 Å². The van der Waals surface area contributed by atoms with Gasteiger partial charge in [-0.2, -0.15) is 0 Å². The molecule has 1 aromatic carbocycles. The number of nitrogens with one attached hydrogen (secondary N) is 2. The van der Waals surface area contributed by atoms with Gasteiger partial charge in [0.05, 0.1) is 17.4 Å². The van der Waals surface area contributed by atoms with Crippen molar-refractivity contribution in [2.75, 3.05) is 5.32 Å². The summed E-state index contributed by atoms with van der Waals surface area (Å²) in [5.41, 5.74) is 0.540. The van der Waals surface area contributed by atoms with E-state index in [4.69, 9.17) is 0 Å². The van der Waals surface area contributed by atoms with Crippen molar-refractivity contribution in [1.29, 1.82) is 0 Å². The van der Waals surface area contributed by atoms with Gasteiger partial charge in [-0.1, -0.05) is 18.2 Å². The Labute approximate surface area is 130 Å². The SMILES string of the molecule is CC(NC(=O)Nc1ccccc1OC(F)(F)F)c1ccccn1. The fourth-order valence-electron chi connectivity index (χ4n) is 1.84. The second-order valence-electron chi connectivity index (χ2n) is 4.62. The summed E-state index contributed by atoms with van der Waals surface area (Å²) in [6, 6.07) is 9.45. The topological polar surface area (TPSA) is 63.2 Å². The number of rotatable bonds is 4. The molecule has 23 heavy (non-hydrogen) atoms. The third-order valence-electron chi connectivity index (χ3n) is 2.84. The van der Waals surface area contributed by atoms with E-state index in [1.807, 2.05) is 0 Å². The number of urea groups is 1. The molecule has 0 saturated carbocycles. The lowest BCUT2D eigenvalue weighted by molar-refractivity contribution is -0.274. The lowest BCUT2D eigenvalue weighted by atomic mass is 10.2. The number of aromatic nitrogens is 1. The van der Waals surface area contributed by atoms with Gasteiger partial charge in [-0.25, -0.2) is 4.79 Å². The molecule has 0 aliphatic carbocycles. The highest BCUT2D eigenvalue weighted by Gasteiger charge is 2.32. The number of benzene rings is 1. The van der Waals surface area contributed by atoms with Gasteiger partial charge in [-0.15, -0.1) is 13.2 Å². The Bertz CT molecular complexity index is 663. The van der Waals surface area contributed by atoms with Crippen molar-refractivity contribution >= 4 is 11.7 Å². The van der Waals surface area contributed by atoms with Crippen molar-refractivity contribution in [3.05, 3.63) is 54.4 Å². The number of nitrogens with zero attached hydrogens (tertiary/aromatic N) is 1. The predicted octanol–water partition coefficient (Wildman–Crippen LogP) is 3.86. The molecule has 1 atom stereocenters. The van der Waals surface area contributed by atoms with Crippen LogP contribution in [0.2, 0.25) is 0 Å². The fourth-order valence-corrected chi connectivity index (χ4v) is 1.84. The van der Waals surface area contributed by atoms with E-state index in [-0.39, 0.29) is 5.69 Å². The number of alkyl halides is 3. The minimum Gasteiger partial charge on any atom is -0.404 e. The lowest BCUT2D eigenvalue weighted by Gasteiger charge is -2.16. The molecule has 0 saturated heterocycles. The largest absolute Gasteiger partial charge is 0.573 e. The van der Waals surface area contributed by atoms with Crippen LogP contribution in [0.3, 0.4) is 0 Å². The zero-order valence-corrected chi connectivity index (χ0v) is 12.1. The highest BCUT2D eigenvalue weighted by molar-refractivity contribution is 5.91. The van der Waals surface area contributed by atoms with E-state index in [9.17, 15) is 18.0 Å². The number of carbonyl (C=O) groups excluding carboxylic acids is 1. The van der Waals surface area contributed by atoms with E-state index >= 15 is 0 Å². The Hall–Kier alpha value is -2.77. The van der Waals surface area contributed by atoms with Crippen molar-refractivity contribution in [3.63, 3.8) is 0 Å². The molecule has 1 unspecified atom stereocenters. The van der Waals surface area contributed by atoms with Gasteiger partial charge in [0, 0.05) is 6.20 Å². The maximum Gasteiger partial charge on any atom is 0.573 e. The Morgan fingerprint density at radius 3 is 2.52 bits per heavy atom. The molecule has 1 heterocycles. The Kier molecular flexibility index (Phi) is 5.05. The van der Waals surface area contributed by atoms with Crippen LogP contribution in [0.1, 0.15) is 18.7 Å². The molecule has 2 aromatic rings. The maximum absolute atomic E-state index is 12.3. The second-order valence-corrected chi connectivity index (χ2v) is 4.62. The molecule has 122 valence electrons. The first-order valence-electron chi connectivity index (χ1n) is 6.68. The molecule has 8 heteroatoms. The van der Waals surface area contributed by atoms with E-state index < -0.39 is 24.2 Å². The molecule has 0 aliphatic heterocycles. The van der Waals surface area contributed by atoms with Gasteiger partial charge in [-0.3, -0.25) is 4.98 Å². The average Bonchev–Trinajstić information content (AvgIpc) is 2.48. The number of halogens is 3. The van der Waals surface area contributed by atoms with E-state index in [1.165, 1.54) is 18.2 Å². The fraction of sp³-hybridized carbons (Fsp3) is 0.200. The van der Waals surface area contributed by atoms with Gasteiger partial charge >= 0.3 is 12.4 Å². The summed E-state index contributed by atoms with van der Waals surface area (Å²) in [6.45, 7) is 1.71. The molecule has 0 radical (unpaired) electrons. The molecule has 0 fully saturated rings. The zero-order chi connectivity index (χ0) is 16.9. The van der Waals surface area contributed by atoms with E-state index in [2.05, 4.69) is 20.4 Å². The van der Waals surface area contributed by atoms with Gasteiger partial charge in [0.25, 0.3) is 0 Å². The summed E-state index contributed by atoms with van der Waals surface area (Å²) in [5.74, 6) is -0.486. The normalized spacial score (nSPS) is 12.3. The molecule has 5 nitrogen and oxygen atoms in total. The van der Waals surface area contributed by atoms with E-state index in [0.29, 0.717) is 5.69 Å². The summed E-state index contributed by atoms with van der Waals surface area (Å²) in [4.78, 5) is 16.0. The predicted molar refractivity (Wildman–Crippen MR) is 77.9 cm³/mol. The number of anilines is 1. The molecule has 0 aliphatic rings. The number of pyridine rings is 1. The summed E-state index contributed by atoms with van der Waals surface area (Å²) in [5, 5.41) is 4.92. The second kappa shape index (κ2) is 6.99. The number of hydrogen-bond acceptors (Lipinski definition) is 3. The van der Waals surface area contributed by atoms with Gasteiger partial charge < -0.3 is 15.4 Å². The monoisotopic (exact) mass is 325 g/mol. The highest BCUT2D eigenvalue weighted by atomic mass is 19.4. The quantitative estimate of drug-likeness (QED) is 0.897. The van der Waals surface area contributed by atoms with Crippen molar-refractivity contribution in [1.82, 2.24) is 10.3 Å². The number of ether oxygens (including phenoxy) is 1. The highest BCUT2D eigenvalue weighted by Crippen LogP contribution is 2.29. The van der Waals surface area contributed by atoms with Crippen LogP contribution in [-0.2, 0) is 0 Å². The van der Waals surface area contributed by atoms with Crippen LogP contribution in [0, 0.1) is 0 Å². The molecular weight excluding hydrogens is 311 g/mol. The smallest absolute Gasteiger partial charge is 0.404 e. The Morgan fingerprint density at radius 2 is 1.87 bits per heavy atom. The van der Waals surface area contributed by atoms with Gasteiger partial charge in [0.1, 0.15) is 0 Å². The molecule has 2 rings (SSSR count). The van der Waals surface area contributed by atoms with Crippen molar-refractivity contribution in [2.45, 2.75) is 19.3 Å². The average molecular weight is 325 g/mol. The number of para-hydroxylation sites is 2. The Morgan fingerprint density at radius 1 is 1.17 bits per heavy atom. The number of hydrogen-bond donors (Lipinski definition) is 2. The van der Waals surface area contributed by atoms with Crippen LogP contribution in [0.5, 0.6) is 5.75 Å². The number of amides is 2. The van der Waals surface area contributed by atoms with Gasteiger partial charge in [0.15, 0.2) is 5.75 Å². The van der Waals surface area contributed by atoms with E-state index in [0.717, 1.165) is 6.07 Å². The van der Waals surface area contributed by atoms with Crippen LogP contribution in [0.15, 0.2) is 48.7 Å². The first-order chi connectivity index (χ1) is 10.8. The summed E-state index contributed by atoms with van der Waals surface area (Å²) >= 11 is 0. The Balaban J connectivity index is 2.03. The van der Waals surface area contributed by atoms with Crippen LogP contribution in [0.25, 0.3) is 0 Å². The molecule has 0 spiro atoms. The third-order valence-corrected chi connectivity index (χ3v) is 2.84. The number of carbonyl (C=O) groups is 1. The molecule has 1 aromatic heterocycles. The minimum atomic E-state index is -4.84. The van der Waals surface area contributed by atoms with Crippen molar-refractivity contribution in [3.8, 4) is 5.75 Å². The lowest BCUT2D eigenvalue weighted by Crippen LogP contribution is -2.32. The van der Waals surface area contributed by atoms with Crippen LogP contribution >= 0.6 is 0 Å². The summed E-state index contributed by atoms with van der Waals surface area (Å²) in [6.07, 6.45) is -3.26. The van der Waals surface area contributed by atoms with Crippen LogP contribution in [0.4, 0.5) is 23.7 Å². The zero-order valence-electron chi connectivity index (χ0n) is 12.1. The first-order valence-corrected chi connectivity index (χ1v) is 6.68. The standard InChI is InChI=1S/C15H14F3N3O2/c1-10(11-6-4-5-9-19-11)20-14(22)21-12-7-2-3-8-13(12)23-15(16,17)18/h2-10H,1H3,(H2,20,21,22). The van der Waals surface area contributed by atoms with Crippen LogP contribution < -0.4 is 15.4 Å².